The molecule has 0 saturated carbocycles. The van der Waals surface area contributed by atoms with E-state index in [9.17, 15) is 9.59 Å². The molecule has 1 N–H and O–H groups in total. The highest BCUT2D eigenvalue weighted by atomic mass is 16.5. The molecule has 0 saturated heterocycles. The third-order valence-electron chi connectivity index (χ3n) is 4.28. The van der Waals surface area contributed by atoms with Gasteiger partial charge in [-0.1, -0.05) is 26.0 Å². The summed E-state index contributed by atoms with van der Waals surface area (Å²) in [6, 6.07) is 5.78. The van der Waals surface area contributed by atoms with Gasteiger partial charge in [-0.2, -0.15) is 0 Å². The molecule has 0 aliphatic rings. The van der Waals surface area contributed by atoms with Crippen LogP contribution in [0.3, 0.4) is 0 Å². The zero-order valence-electron chi connectivity index (χ0n) is 16.8. The van der Waals surface area contributed by atoms with Crippen LogP contribution < -0.4 is 5.32 Å². The van der Waals surface area contributed by atoms with Gasteiger partial charge in [0.05, 0.1) is 18.0 Å². The quantitative estimate of drug-likeness (QED) is 0.773. The van der Waals surface area contributed by atoms with Gasteiger partial charge in [-0.25, -0.2) is 14.8 Å². The van der Waals surface area contributed by atoms with Crippen molar-refractivity contribution in [3.05, 3.63) is 52.1 Å². The van der Waals surface area contributed by atoms with Crippen LogP contribution in [0, 0.1) is 33.6 Å². The minimum atomic E-state index is -0.627. The molecule has 0 atom stereocenters. The molecule has 6 heteroatoms. The molecule has 1 amide bonds. The zero-order valence-corrected chi connectivity index (χ0v) is 16.8. The van der Waals surface area contributed by atoms with E-state index in [-0.39, 0.29) is 18.0 Å². The maximum Gasteiger partial charge on any atom is 0.359 e. The molecule has 0 spiro atoms. The number of nitrogens with zero attached hydrogens (tertiary/aromatic N) is 2. The van der Waals surface area contributed by atoms with Gasteiger partial charge >= 0.3 is 5.97 Å². The van der Waals surface area contributed by atoms with E-state index in [1.807, 2.05) is 45.9 Å². The Labute approximate surface area is 160 Å². The average molecular weight is 369 g/mol. The Morgan fingerprint density at radius 1 is 1.04 bits per heavy atom. The largest absolute Gasteiger partial charge is 0.461 e. The topological polar surface area (TPSA) is 81.2 Å². The number of ether oxygens (including phenoxy) is 1. The summed E-state index contributed by atoms with van der Waals surface area (Å²) in [7, 11) is 0. The zero-order chi connectivity index (χ0) is 20.1. The van der Waals surface area contributed by atoms with Crippen LogP contribution in [-0.4, -0.2) is 28.5 Å². The lowest BCUT2D eigenvalue weighted by atomic mass is 10.1. The van der Waals surface area contributed by atoms with Crippen LogP contribution in [0.1, 0.15) is 63.8 Å². The Hall–Kier alpha value is -2.76. The maximum atomic E-state index is 12.8. The first kappa shape index (κ1) is 20.6. The van der Waals surface area contributed by atoms with E-state index in [4.69, 9.17) is 4.74 Å². The van der Waals surface area contributed by atoms with Crippen molar-refractivity contribution < 1.29 is 14.3 Å². The van der Waals surface area contributed by atoms with E-state index in [1.54, 1.807) is 13.8 Å². The van der Waals surface area contributed by atoms with Gasteiger partial charge in [0.1, 0.15) is 0 Å². The molecule has 1 heterocycles. The number of aryl methyl sites for hydroxylation is 4. The number of nitrogens with one attached hydrogen (secondary N) is 1. The summed E-state index contributed by atoms with van der Waals surface area (Å²) in [4.78, 5) is 33.9. The number of carbonyl (C=O) groups is 2. The Bertz CT molecular complexity index is 860. The van der Waals surface area contributed by atoms with Crippen LogP contribution in [0.25, 0.3) is 0 Å². The predicted octanol–water partition coefficient (Wildman–Crippen LogP) is 4.17. The van der Waals surface area contributed by atoms with E-state index in [2.05, 4.69) is 15.3 Å². The average Bonchev–Trinajstić information content (AvgIpc) is 2.59. The Morgan fingerprint density at radius 2 is 1.67 bits per heavy atom. The second-order valence-electron chi connectivity index (χ2n) is 7.18. The highest BCUT2D eigenvalue weighted by Crippen LogP contribution is 2.18. The molecule has 0 aliphatic carbocycles. The summed E-state index contributed by atoms with van der Waals surface area (Å²) >= 11 is 0. The molecule has 0 fully saturated rings. The van der Waals surface area contributed by atoms with Gasteiger partial charge in [-0.05, 0) is 57.2 Å². The molecule has 6 nitrogen and oxygen atoms in total. The molecule has 27 heavy (non-hydrogen) atoms. The molecule has 1 aromatic heterocycles. The van der Waals surface area contributed by atoms with Crippen LogP contribution in [0.4, 0.5) is 5.69 Å². The fourth-order valence-electron chi connectivity index (χ4n) is 2.41. The Kier molecular flexibility index (Phi) is 6.66. The number of aromatic nitrogens is 2. The van der Waals surface area contributed by atoms with Crippen LogP contribution in [0.2, 0.25) is 0 Å². The molecule has 2 aromatic rings. The smallest absolute Gasteiger partial charge is 0.359 e. The monoisotopic (exact) mass is 369 g/mol. The van der Waals surface area contributed by atoms with Gasteiger partial charge in [-0.3, -0.25) is 4.79 Å². The van der Waals surface area contributed by atoms with Crippen LogP contribution in [0.5, 0.6) is 0 Å². The molecule has 0 aliphatic heterocycles. The number of hydrogen-bond donors (Lipinski definition) is 1. The Morgan fingerprint density at radius 3 is 2.30 bits per heavy atom. The van der Waals surface area contributed by atoms with E-state index in [0.717, 1.165) is 17.5 Å². The predicted molar refractivity (Wildman–Crippen MR) is 105 cm³/mol. The summed E-state index contributed by atoms with van der Waals surface area (Å²) in [6.45, 7) is 11.7. The van der Waals surface area contributed by atoms with Crippen molar-refractivity contribution in [1.29, 1.82) is 0 Å². The molecular formula is C21H27N3O3. The maximum absolute atomic E-state index is 12.8. The minimum Gasteiger partial charge on any atom is -0.461 e. The summed E-state index contributed by atoms with van der Waals surface area (Å²) in [5, 5.41) is 2.83. The van der Waals surface area contributed by atoms with Crippen molar-refractivity contribution >= 4 is 17.6 Å². The van der Waals surface area contributed by atoms with E-state index in [1.165, 1.54) is 0 Å². The van der Waals surface area contributed by atoms with Gasteiger partial charge in [-0.15, -0.1) is 0 Å². The number of amides is 1. The highest BCUT2D eigenvalue weighted by Gasteiger charge is 2.24. The van der Waals surface area contributed by atoms with Crippen molar-refractivity contribution in [2.45, 2.75) is 48.0 Å². The summed E-state index contributed by atoms with van der Waals surface area (Å²) in [5.41, 5.74) is 3.74. The third kappa shape index (κ3) is 5.36. The number of anilines is 1. The van der Waals surface area contributed by atoms with Gasteiger partial charge < -0.3 is 10.1 Å². The SMILES string of the molecule is Cc1ccc(C)c(NC(=O)c2nc(C)c(C)nc2C(=O)OCCC(C)C)c1. The lowest BCUT2D eigenvalue weighted by molar-refractivity contribution is 0.0477. The normalized spacial score (nSPS) is 10.8. The van der Waals surface area contributed by atoms with Crippen LogP contribution in [-0.2, 0) is 4.74 Å². The second-order valence-corrected chi connectivity index (χ2v) is 7.18. The van der Waals surface area contributed by atoms with E-state index < -0.39 is 11.9 Å². The summed E-state index contributed by atoms with van der Waals surface area (Å²) < 4.78 is 5.30. The van der Waals surface area contributed by atoms with E-state index >= 15 is 0 Å². The molecule has 1 aromatic carbocycles. The first-order valence-corrected chi connectivity index (χ1v) is 9.10. The lowest BCUT2D eigenvalue weighted by Gasteiger charge is -2.13. The summed E-state index contributed by atoms with van der Waals surface area (Å²) in [6.07, 6.45) is 0.744. The molecular weight excluding hydrogens is 342 g/mol. The standard InChI is InChI=1S/C21H27N3O3/c1-12(2)9-10-27-21(26)19-18(22-15(5)16(6)23-19)20(25)24-17-11-13(3)7-8-14(17)4/h7-8,11-12H,9-10H2,1-6H3,(H,24,25). The van der Waals surface area contributed by atoms with Gasteiger partial charge in [0.15, 0.2) is 11.4 Å². The van der Waals surface area contributed by atoms with E-state index in [0.29, 0.717) is 23.0 Å². The van der Waals surface area contributed by atoms with Crippen molar-refractivity contribution in [2.24, 2.45) is 5.92 Å². The van der Waals surface area contributed by atoms with Crippen molar-refractivity contribution in [1.82, 2.24) is 9.97 Å². The number of esters is 1. The molecule has 2 rings (SSSR count). The first-order chi connectivity index (χ1) is 12.7. The van der Waals surface area contributed by atoms with Crippen LogP contribution in [0.15, 0.2) is 18.2 Å². The number of benzene rings is 1. The molecule has 144 valence electrons. The molecule has 0 bridgehead atoms. The van der Waals surface area contributed by atoms with Crippen molar-refractivity contribution in [3.8, 4) is 0 Å². The second kappa shape index (κ2) is 8.75. The van der Waals surface area contributed by atoms with Crippen molar-refractivity contribution in [2.75, 3.05) is 11.9 Å². The number of carbonyl (C=O) groups excluding carboxylic acids is 2. The molecule has 0 radical (unpaired) electrons. The lowest BCUT2D eigenvalue weighted by Crippen LogP contribution is -2.23. The Balaban J connectivity index is 2.31. The molecule has 0 unspecified atom stereocenters. The van der Waals surface area contributed by atoms with Crippen LogP contribution >= 0.6 is 0 Å². The fraction of sp³-hybridized carbons (Fsp3) is 0.429. The van der Waals surface area contributed by atoms with Gasteiger partial charge in [0.2, 0.25) is 0 Å². The fourth-order valence-corrected chi connectivity index (χ4v) is 2.41. The number of hydrogen-bond acceptors (Lipinski definition) is 5. The first-order valence-electron chi connectivity index (χ1n) is 9.10. The number of rotatable bonds is 6. The van der Waals surface area contributed by atoms with Gasteiger partial charge in [0.25, 0.3) is 5.91 Å². The third-order valence-corrected chi connectivity index (χ3v) is 4.28. The highest BCUT2D eigenvalue weighted by molar-refractivity contribution is 6.09. The minimum absolute atomic E-state index is 0.0199. The van der Waals surface area contributed by atoms with Crippen molar-refractivity contribution in [3.63, 3.8) is 0 Å². The van der Waals surface area contributed by atoms with Gasteiger partial charge in [0, 0.05) is 5.69 Å². The summed E-state index contributed by atoms with van der Waals surface area (Å²) in [5.74, 6) is -0.692.